The minimum absolute atomic E-state index is 0.0250. The van der Waals surface area contributed by atoms with Crippen LogP contribution in [-0.2, 0) is 23.7 Å². The lowest BCUT2D eigenvalue weighted by Gasteiger charge is -2.21. The van der Waals surface area contributed by atoms with E-state index >= 15 is 0 Å². The summed E-state index contributed by atoms with van der Waals surface area (Å²) in [6.45, 7) is 10.4. The number of anilines is 1. The van der Waals surface area contributed by atoms with E-state index in [4.69, 9.17) is 29.1 Å². The molecular formula is C44H46N6O11. The van der Waals surface area contributed by atoms with Crippen LogP contribution in [0.15, 0.2) is 79.5 Å². The van der Waals surface area contributed by atoms with Gasteiger partial charge in [-0.3, -0.25) is 20.3 Å². The monoisotopic (exact) mass is 834 g/mol. The molecule has 2 heterocycles. The number of methoxy groups -OCH3 is 1. The summed E-state index contributed by atoms with van der Waals surface area (Å²) in [5, 5.41) is 16.2. The lowest BCUT2D eigenvalue weighted by atomic mass is 9.94. The number of carbonyl (C=O) groups is 6. The second-order valence-corrected chi connectivity index (χ2v) is 14.6. The number of hydrogen-bond donors (Lipinski definition) is 4. The number of aromatic nitrogens is 2. The fourth-order valence-corrected chi connectivity index (χ4v) is 5.55. The van der Waals surface area contributed by atoms with Gasteiger partial charge in [0.2, 0.25) is 12.6 Å². The molecule has 4 aromatic rings. The lowest BCUT2D eigenvalue weighted by Crippen LogP contribution is -2.34. The molecule has 318 valence electrons. The van der Waals surface area contributed by atoms with Crippen LogP contribution < -0.4 is 20.7 Å². The molecule has 2 aromatic heterocycles. The Hall–Kier alpha value is -7.27. The van der Waals surface area contributed by atoms with E-state index in [0.717, 1.165) is 19.1 Å². The minimum Gasteiger partial charge on any atom is -0.496 e. The third-order valence-electron chi connectivity index (χ3n) is 9.05. The van der Waals surface area contributed by atoms with Crippen molar-refractivity contribution in [3.05, 3.63) is 113 Å². The highest BCUT2D eigenvalue weighted by Gasteiger charge is 2.28. The van der Waals surface area contributed by atoms with Gasteiger partial charge in [-0.1, -0.05) is 32.6 Å². The highest BCUT2D eigenvalue weighted by atomic mass is 16.7. The summed E-state index contributed by atoms with van der Waals surface area (Å²) >= 11 is 0. The van der Waals surface area contributed by atoms with Crippen LogP contribution in [0.2, 0.25) is 0 Å². The van der Waals surface area contributed by atoms with Gasteiger partial charge in [-0.15, -0.1) is 0 Å². The average molecular weight is 835 g/mol. The third-order valence-corrected chi connectivity index (χ3v) is 9.05. The molecule has 2 unspecified atom stereocenters. The molecule has 0 bridgehead atoms. The number of nitrogens with zero attached hydrogens (tertiary/aromatic N) is 2. The van der Waals surface area contributed by atoms with Crippen LogP contribution in [0.25, 0.3) is 17.2 Å². The standard InChI is InChI=1S/C44H46N6O11/c1-7-28-20-33(39(52)48-30-15-13-29(14-16-30)38(45)50-43(56)61-26(3)60-41(54)35-10-8-9-19-46-35)32(21-36(28)57-6)31-17-18-34(40(53)47-22-27-11-12-27)49-37(31)42(55)59-25(2)58-24-44(4,5)23-51/h7-10,13-21,23,25-27H,1,11-12,22,24H2,2-6H3,(H,47,53)(H,48,52)(H2,45,50,56). The maximum Gasteiger partial charge on any atom is 0.415 e. The highest BCUT2D eigenvalue weighted by Crippen LogP contribution is 2.35. The van der Waals surface area contributed by atoms with Crippen molar-refractivity contribution in [1.29, 1.82) is 5.41 Å². The first-order chi connectivity index (χ1) is 29.1. The number of amides is 3. The molecule has 17 heteroatoms. The van der Waals surface area contributed by atoms with Gasteiger partial charge in [-0.05, 0) is 86.3 Å². The molecule has 0 spiro atoms. The van der Waals surface area contributed by atoms with E-state index in [0.29, 0.717) is 29.5 Å². The molecule has 17 nitrogen and oxygen atoms in total. The van der Waals surface area contributed by atoms with Gasteiger partial charge >= 0.3 is 18.0 Å². The first-order valence-corrected chi connectivity index (χ1v) is 19.1. The van der Waals surface area contributed by atoms with Crippen molar-refractivity contribution in [3.8, 4) is 16.9 Å². The number of rotatable bonds is 18. The molecule has 0 radical (unpaired) electrons. The zero-order valence-corrected chi connectivity index (χ0v) is 34.2. The number of hydrogen-bond acceptors (Lipinski definition) is 14. The van der Waals surface area contributed by atoms with E-state index in [1.807, 2.05) is 0 Å². The number of aldehydes is 1. The van der Waals surface area contributed by atoms with Crippen molar-refractivity contribution >= 4 is 53.7 Å². The Bertz CT molecular complexity index is 2310. The summed E-state index contributed by atoms with van der Waals surface area (Å²) in [5.74, 6) is -2.53. The number of amidine groups is 1. The molecule has 4 N–H and O–H groups in total. The fourth-order valence-electron chi connectivity index (χ4n) is 5.55. The summed E-state index contributed by atoms with van der Waals surface area (Å²) in [6, 6.07) is 16.6. The molecule has 1 saturated carbocycles. The zero-order chi connectivity index (χ0) is 44.3. The van der Waals surface area contributed by atoms with E-state index in [1.54, 1.807) is 26.0 Å². The normalized spacial score (nSPS) is 13.1. The van der Waals surface area contributed by atoms with Gasteiger partial charge in [0.1, 0.15) is 29.3 Å². The molecule has 2 atom stereocenters. The van der Waals surface area contributed by atoms with E-state index in [-0.39, 0.29) is 51.8 Å². The Morgan fingerprint density at radius 2 is 1.62 bits per heavy atom. The topological polar surface area (TPSA) is 234 Å². The van der Waals surface area contributed by atoms with Crippen LogP contribution in [0, 0.1) is 16.7 Å². The molecular weight excluding hydrogens is 789 g/mol. The van der Waals surface area contributed by atoms with Gasteiger partial charge < -0.3 is 39.1 Å². The van der Waals surface area contributed by atoms with E-state index in [2.05, 4.69) is 32.5 Å². The molecule has 1 aliphatic rings. The molecule has 3 amide bonds. The molecule has 1 aliphatic carbocycles. The van der Waals surface area contributed by atoms with Crippen LogP contribution in [0.4, 0.5) is 10.5 Å². The predicted octanol–water partition coefficient (Wildman–Crippen LogP) is 6.19. The lowest BCUT2D eigenvalue weighted by molar-refractivity contribution is -0.132. The van der Waals surface area contributed by atoms with Crippen molar-refractivity contribution < 1.29 is 52.5 Å². The van der Waals surface area contributed by atoms with Gasteiger partial charge in [0.05, 0.1) is 13.7 Å². The van der Waals surface area contributed by atoms with Gasteiger partial charge in [-0.25, -0.2) is 24.4 Å². The van der Waals surface area contributed by atoms with Crippen molar-refractivity contribution in [2.24, 2.45) is 11.3 Å². The van der Waals surface area contributed by atoms with Crippen molar-refractivity contribution in [2.75, 3.05) is 25.6 Å². The molecule has 5 rings (SSSR count). The van der Waals surface area contributed by atoms with Crippen molar-refractivity contribution in [2.45, 2.75) is 53.1 Å². The maximum atomic E-state index is 14.1. The molecule has 0 saturated heterocycles. The number of pyridine rings is 2. The van der Waals surface area contributed by atoms with Gasteiger partial charge in [0.25, 0.3) is 11.8 Å². The van der Waals surface area contributed by atoms with Crippen LogP contribution in [0.5, 0.6) is 5.75 Å². The summed E-state index contributed by atoms with van der Waals surface area (Å²) in [4.78, 5) is 85.5. The number of nitrogens with one attached hydrogen (secondary N) is 4. The summed E-state index contributed by atoms with van der Waals surface area (Å²) in [5.41, 5.74) is 0.216. The van der Waals surface area contributed by atoms with Gasteiger partial charge in [0.15, 0.2) is 5.69 Å². The van der Waals surface area contributed by atoms with E-state index in [9.17, 15) is 28.8 Å². The first kappa shape index (κ1) is 44.8. The van der Waals surface area contributed by atoms with Gasteiger partial charge in [0, 0.05) is 58.6 Å². The number of ether oxygens (including phenoxy) is 5. The Kier molecular flexibility index (Phi) is 14.8. The maximum absolute atomic E-state index is 14.1. The summed E-state index contributed by atoms with van der Waals surface area (Å²) in [7, 11) is 1.43. The predicted molar refractivity (Wildman–Crippen MR) is 222 cm³/mol. The van der Waals surface area contributed by atoms with Crippen LogP contribution >= 0.6 is 0 Å². The average Bonchev–Trinajstić information content (AvgIpc) is 4.09. The minimum atomic E-state index is -1.29. The Morgan fingerprint density at radius 1 is 0.902 bits per heavy atom. The van der Waals surface area contributed by atoms with E-state index < -0.39 is 47.8 Å². The summed E-state index contributed by atoms with van der Waals surface area (Å²) in [6.07, 6.45) is 2.18. The Labute approximate surface area is 351 Å². The number of carbonyl (C=O) groups excluding carboxylic acids is 6. The number of esters is 2. The van der Waals surface area contributed by atoms with Crippen LogP contribution in [-0.4, -0.2) is 84.8 Å². The Morgan fingerprint density at radius 3 is 2.26 bits per heavy atom. The Balaban J connectivity index is 1.37. The molecule has 61 heavy (non-hydrogen) atoms. The van der Waals surface area contributed by atoms with Crippen molar-refractivity contribution in [3.63, 3.8) is 0 Å². The van der Waals surface area contributed by atoms with Crippen LogP contribution in [0.3, 0.4) is 0 Å². The first-order valence-electron chi connectivity index (χ1n) is 19.1. The second-order valence-electron chi connectivity index (χ2n) is 14.6. The third kappa shape index (κ3) is 12.4. The summed E-state index contributed by atoms with van der Waals surface area (Å²) < 4.78 is 26.9. The molecule has 1 fully saturated rings. The molecule has 2 aromatic carbocycles. The fraction of sp³-hybridized carbons (Fsp3) is 0.295. The largest absolute Gasteiger partial charge is 0.496 e. The number of benzene rings is 2. The molecule has 0 aliphatic heterocycles. The van der Waals surface area contributed by atoms with Gasteiger partial charge in [-0.2, -0.15) is 0 Å². The van der Waals surface area contributed by atoms with E-state index in [1.165, 1.54) is 87.8 Å². The highest BCUT2D eigenvalue weighted by molar-refractivity contribution is 6.11. The number of alkyl carbamates (subject to hydrolysis) is 1. The quantitative estimate of drug-likeness (QED) is 0.0288. The zero-order valence-electron chi connectivity index (χ0n) is 34.2. The second kappa shape index (κ2) is 20.1. The van der Waals surface area contributed by atoms with Crippen LogP contribution in [0.1, 0.15) is 93.5 Å². The van der Waals surface area contributed by atoms with Crippen molar-refractivity contribution in [1.82, 2.24) is 20.6 Å². The smallest absolute Gasteiger partial charge is 0.415 e. The SMILES string of the molecule is C=Cc1cc(C(=O)Nc2ccc(C(=N)NC(=O)OC(C)OC(=O)c3ccccn3)cc2)c(-c2ccc(C(=O)NCC3CC3)nc2C(=O)OC(C)OCC(C)(C)C=O)cc1OC.